The van der Waals surface area contributed by atoms with Crippen molar-refractivity contribution in [2.75, 3.05) is 20.2 Å². The van der Waals surface area contributed by atoms with Gasteiger partial charge in [-0.1, -0.05) is 32.3 Å². The molecule has 2 amide bonds. The first-order chi connectivity index (χ1) is 16.7. The van der Waals surface area contributed by atoms with E-state index in [2.05, 4.69) is 12.2 Å². The lowest BCUT2D eigenvalue weighted by Gasteiger charge is -2.18. The van der Waals surface area contributed by atoms with Gasteiger partial charge in [0.25, 0.3) is 11.8 Å². The summed E-state index contributed by atoms with van der Waals surface area (Å²) in [6, 6.07) is 9.12. The van der Waals surface area contributed by atoms with Crippen LogP contribution in [0.25, 0.3) is 21.9 Å². The summed E-state index contributed by atoms with van der Waals surface area (Å²) in [4.78, 5) is 26.1. The van der Waals surface area contributed by atoms with Gasteiger partial charge in [-0.25, -0.2) is 0 Å². The van der Waals surface area contributed by atoms with Crippen molar-refractivity contribution in [3.8, 4) is 39.9 Å². The van der Waals surface area contributed by atoms with E-state index in [-0.39, 0.29) is 24.7 Å². The van der Waals surface area contributed by atoms with E-state index in [1.54, 1.807) is 12.1 Å². The summed E-state index contributed by atoms with van der Waals surface area (Å²) in [6.07, 6.45) is 4.11. The average molecular weight is 461 g/mol. The van der Waals surface area contributed by atoms with Crippen LogP contribution < -0.4 is 29.0 Å². The van der Waals surface area contributed by atoms with Crippen LogP contribution in [0, 0.1) is 0 Å². The number of rotatable bonds is 7. The second-order valence-corrected chi connectivity index (χ2v) is 8.44. The molecule has 6 rings (SSSR count). The Morgan fingerprint density at radius 2 is 1.59 bits per heavy atom. The molecule has 174 valence electrons. The van der Waals surface area contributed by atoms with Crippen LogP contribution in [0.15, 0.2) is 30.3 Å². The largest absolute Gasteiger partial charge is 0.492 e. The highest BCUT2D eigenvalue weighted by Gasteiger charge is 2.38. The summed E-state index contributed by atoms with van der Waals surface area (Å²) in [6.45, 7) is 2.80. The van der Waals surface area contributed by atoms with Gasteiger partial charge in [0.05, 0.1) is 17.7 Å². The van der Waals surface area contributed by atoms with E-state index in [1.807, 2.05) is 18.2 Å². The predicted octanol–water partition coefficient (Wildman–Crippen LogP) is 4.81. The summed E-state index contributed by atoms with van der Waals surface area (Å²) in [5, 5.41) is 3.81. The van der Waals surface area contributed by atoms with Gasteiger partial charge in [-0.15, -0.1) is 0 Å². The molecule has 0 spiro atoms. The molecular weight excluding hydrogens is 438 g/mol. The zero-order chi connectivity index (χ0) is 23.2. The molecule has 0 aromatic heterocycles. The SMILES string of the molecule is CCCCCCOc1c2c(c(-c3ccc4c(c3)OCO4)c3c4c(ccc13)OCO4)C(=O)NC2=O. The van der Waals surface area contributed by atoms with E-state index in [0.29, 0.717) is 57.3 Å². The van der Waals surface area contributed by atoms with Crippen molar-refractivity contribution >= 4 is 22.6 Å². The highest BCUT2D eigenvalue weighted by atomic mass is 16.7. The first-order valence-electron chi connectivity index (χ1n) is 11.5. The average Bonchev–Trinajstić information content (AvgIpc) is 3.57. The molecule has 3 heterocycles. The molecule has 0 bridgehead atoms. The van der Waals surface area contributed by atoms with Gasteiger partial charge in [-0.3, -0.25) is 14.9 Å². The smallest absolute Gasteiger partial charge is 0.262 e. The number of carbonyl (C=O) groups is 2. The van der Waals surface area contributed by atoms with E-state index in [9.17, 15) is 9.59 Å². The summed E-state index contributed by atoms with van der Waals surface area (Å²) >= 11 is 0. The van der Waals surface area contributed by atoms with E-state index in [4.69, 9.17) is 23.7 Å². The predicted molar refractivity (Wildman–Crippen MR) is 123 cm³/mol. The Morgan fingerprint density at radius 3 is 2.47 bits per heavy atom. The van der Waals surface area contributed by atoms with Crippen LogP contribution in [0.5, 0.6) is 28.7 Å². The van der Waals surface area contributed by atoms with Gasteiger partial charge in [0, 0.05) is 16.3 Å². The molecular formula is C26H23NO7. The van der Waals surface area contributed by atoms with Crippen LogP contribution in [-0.2, 0) is 0 Å². The maximum Gasteiger partial charge on any atom is 0.262 e. The highest BCUT2D eigenvalue weighted by Crippen LogP contribution is 2.51. The Bertz CT molecular complexity index is 1350. The summed E-state index contributed by atoms with van der Waals surface area (Å²) in [5.74, 6) is 1.76. The minimum Gasteiger partial charge on any atom is -0.492 e. The second kappa shape index (κ2) is 8.13. The third kappa shape index (κ3) is 3.13. The molecule has 0 atom stereocenters. The van der Waals surface area contributed by atoms with Crippen LogP contribution in [-0.4, -0.2) is 32.0 Å². The van der Waals surface area contributed by atoms with Crippen molar-refractivity contribution in [3.63, 3.8) is 0 Å². The minimum absolute atomic E-state index is 0.0739. The van der Waals surface area contributed by atoms with Gasteiger partial charge in [-0.05, 0) is 36.2 Å². The normalized spacial score (nSPS) is 15.1. The number of hydrogen-bond acceptors (Lipinski definition) is 7. The van der Waals surface area contributed by atoms with Crippen molar-refractivity contribution in [2.24, 2.45) is 0 Å². The molecule has 8 nitrogen and oxygen atoms in total. The number of unbranched alkanes of at least 4 members (excludes halogenated alkanes) is 3. The highest BCUT2D eigenvalue weighted by molar-refractivity contribution is 6.30. The number of benzene rings is 3. The number of carbonyl (C=O) groups excluding carboxylic acids is 2. The van der Waals surface area contributed by atoms with Crippen LogP contribution in [0.4, 0.5) is 0 Å². The Hall–Kier alpha value is -3.94. The molecule has 8 heteroatoms. The maximum atomic E-state index is 13.1. The van der Waals surface area contributed by atoms with Crippen molar-refractivity contribution in [3.05, 3.63) is 41.5 Å². The Kier molecular flexibility index (Phi) is 4.94. The molecule has 0 fully saturated rings. The van der Waals surface area contributed by atoms with E-state index >= 15 is 0 Å². The Balaban J connectivity index is 1.61. The minimum atomic E-state index is -0.470. The standard InChI is InChI=1S/C26H23NO7/c1-2-3-4-5-10-30-23-15-7-9-17-24(34-13-32-17)20(15)19(21-22(23)26(29)27-25(21)28)14-6-8-16-18(11-14)33-12-31-16/h6-9,11H,2-5,10,12-13H2,1H3,(H,27,28,29). The molecule has 3 aromatic carbocycles. The fourth-order valence-corrected chi connectivity index (χ4v) is 4.77. The second-order valence-electron chi connectivity index (χ2n) is 8.44. The molecule has 0 unspecified atom stereocenters. The van der Waals surface area contributed by atoms with E-state index in [0.717, 1.165) is 25.7 Å². The summed E-state index contributed by atoms with van der Waals surface area (Å²) in [5.41, 5.74) is 1.80. The molecule has 0 saturated heterocycles. The lowest BCUT2D eigenvalue weighted by molar-refractivity contribution is 0.0878. The lowest BCUT2D eigenvalue weighted by atomic mass is 9.88. The number of fused-ring (bicyclic) bond motifs is 5. The number of hydrogen-bond donors (Lipinski definition) is 1. The molecule has 3 aromatic rings. The van der Waals surface area contributed by atoms with Crippen LogP contribution in [0.1, 0.15) is 53.3 Å². The molecule has 0 aliphatic carbocycles. The lowest BCUT2D eigenvalue weighted by Crippen LogP contribution is -2.20. The molecule has 0 radical (unpaired) electrons. The number of ether oxygens (including phenoxy) is 5. The number of nitrogens with one attached hydrogen (secondary N) is 1. The zero-order valence-electron chi connectivity index (χ0n) is 18.7. The fourth-order valence-electron chi connectivity index (χ4n) is 4.77. The maximum absolute atomic E-state index is 13.1. The topological polar surface area (TPSA) is 92.3 Å². The van der Waals surface area contributed by atoms with Crippen molar-refractivity contribution in [1.29, 1.82) is 0 Å². The van der Waals surface area contributed by atoms with Crippen LogP contribution in [0.2, 0.25) is 0 Å². The number of imide groups is 1. The van der Waals surface area contributed by atoms with Gasteiger partial charge in [0.2, 0.25) is 13.6 Å². The van der Waals surface area contributed by atoms with E-state index in [1.165, 1.54) is 0 Å². The summed E-state index contributed by atoms with van der Waals surface area (Å²) in [7, 11) is 0. The third-order valence-electron chi connectivity index (χ3n) is 6.35. The Morgan fingerprint density at radius 1 is 0.824 bits per heavy atom. The quantitative estimate of drug-likeness (QED) is 0.399. The molecule has 3 aliphatic rings. The fraction of sp³-hybridized carbons (Fsp3) is 0.308. The summed E-state index contributed by atoms with van der Waals surface area (Å²) < 4.78 is 28.7. The molecule has 0 saturated carbocycles. The molecule has 3 aliphatic heterocycles. The van der Waals surface area contributed by atoms with Crippen molar-refractivity contribution < 1.29 is 33.3 Å². The third-order valence-corrected chi connectivity index (χ3v) is 6.35. The van der Waals surface area contributed by atoms with Crippen LogP contribution >= 0.6 is 0 Å². The first kappa shape index (κ1) is 20.7. The van der Waals surface area contributed by atoms with Crippen molar-refractivity contribution in [2.45, 2.75) is 32.6 Å². The van der Waals surface area contributed by atoms with Gasteiger partial charge < -0.3 is 23.7 Å². The van der Waals surface area contributed by atoms with Crippen LogP contribution in [0.3, 0.4) is 0 Å². The Labute approximate surface area is 195 Å². The van der Waals surface area contributed by atoms with E-state index < -0.39 is 11.8 Å². The van der Waals surface area contributed by atoms with Gasteiger partial charge in [0.1, 0.15) is 5.75 Å². The molecule has 34 heavy (non-hydrogen) atoms. The van der Waals surface area contributed by atoms with Gasteiger partial charge in [-0.2, -0.15) is 0 Å². The van der Waals surface area contributed by atoms with Gasteiger partial charge >= 0.3 is 0 Å². The monoisotopic (exact) mass is 461 g/mol. The van der Waals surface area contributed by atoms with Gasteiger partial charge in [0.15, 0.2) is 23.0 Å². The van der Waals surface area contributed by atoms with Crippen molar-refractivity contribution in [1.82, 2.24) is 5.32 Å². The first-order valence-corrected chi connectivity index (χ1v) is 11.5. The molecule has 1 N–H and O–H groups in total. The number of amides is 2. The zero-order valence-corrected chi connectivity index (χ0v) is 18.7.